The smallest absolute Gasteiger partial charge is 0.259 e. The van der Waals surface area contributed by atoms with Crippen LogP contribution in [0.5, 0.6) is 0 Å². The fourth-order valence-corrected chi connectivity index (χ4v) is 4.96. The Kier molecular flexibility index (Phi) is 3.92. The first kappa shape index (κ1) is 15.8. The Morgan fingerprint density at radius 2 is 2.25 bits per heavy atom. The van der Waals surface area contributed by atoms with Gasteiger partial charge in [0, 0.05) is 30.8 Å². The molecule has 2 aromatic heterocycles. The quantitative estimate of drug-likeness (QED) is 0.875. The molecule has 2 aromatic rings. The van der Waals surface area contributed by atoms with Gasteiger partial charge in [-0.3, -0.25) is 9.59 Å². The zero-order valence-electron chi connectivity index (χ0n) is 13.7. The van der Waals surface area contributed by atoms with Crippen LogP contribution in [0.15, 0.2) is 4.79 Å². The first-order valence-corrected chi connectivity index (χ1v) is 9.32. The minimum atomic E-state index is -0.386. The topological polar surface area (TPSA) is 86.3 Å². The van der Waals surface area contributed by atoms with Crippen molar-refractivity contribution in [2.75, 3.05) is 13.1 Å². The predicted molar refractivity (Wildman–Crippen MR) is 92.3 cm³/mol. The van der Waals surface area contributed by atoms with Gasteiger partial charge in [-0.1, -0.05) is 6.92 Å². The Hall–Kier alpha value is -1.73. The molecule has 1 fully saturated rings. The van der Waals surface area contributed by atoms with E-state index in [1.165, 1.54) is 10.4 Å². The number of aliphatic hydroxyl groups is 1. The number of aliphatic hydroxyl groups excluding tert-OH is 1. The number of nitrogens with one attached hydrogen (secondary N) is 1. The lowest BCUT2D eigenvalue weighted by Gasteiger charge is -2.35. The molecule has 1 aliphatic carbocycles. The highest BCUT2D eigenvalue weighted by Gasteiger charge is 2.28. The Bertz CT molecular complexity index is 851. The van der Waals surface area contributed by atoms with Crippen molar-refractivity contribution in [3.05, 3.63) is 26.6 Å². The van der Waals surface area contributed by atoms with Crippen LogP contribution in [0.1, 0.15) is 36.0 Å². The van der Waals surface area contributed by atoms with Gasteiger partial charge in [0.1, 0.15) is 10.7 Å². The molecule has 0 saturated carbocycles. The summed E-state index contributed by atoms with van der Waals surface area (Å²) in [6.07, 6.45) is 3.45. The van der Waals surface area contributed by atoms with Gasteiger partial charge in [-0.25, -0.2) is 4.98 Å². The lowest BCUT2D eigenvalue weighted by molar-refractivity contribution is -0.141. The second-order valence-electron chi connectivity index (χ2n) is 7.00. The van der Waals surface area contributed by atoms with Crippen LogP contribution in [-0.2, 0) is 24.1 Å². The van der Waals surface area contributed by atoms with E-state index in [0.717, 1.165) is 29.5 Å². The SMILES string of the molecule is CC1CCc2c(sc3nc(CCC(=O)N4CC(O)C4)[nH]c(=O)c23)C1. The number of carbonyl (C=O) groups excluding carboxylic acids is 1. The first-order chi connectivity index (χ1) is 11.5. The number of rotatable bonds is 3. The van der Waals surface area contributed by atoms with E-state index < -0.39 is 0 Å². The van der Waals surface area contributed by atoms with Crippen molar-refractivity contribution >= 4 is 27.5 Å². The second-order valence-corrected chi connectivity index (χ2v) is 8.08. The molecule has 0 radical (unpaired) electrons. The number of hydrogen-bond acceptors (Lipinski definition) is 5. The number of β-amino-alcohol motifs (C(OH)–C–C–N with tert-alkyl or cyclic N) is 1. The molecule has 3 heterocycles. The summed E-state index contributed by atoms with van der Waals surface area (Å²) >= 11 is 1.63. The van der Waals surface area contributed by atoms with Gasteiger partial charge in [-0.05, 0) is 30.7 Å². The summed E-state index contributed by atoms with van der Waals surface area (Å²) in [7, 11) is 0. The predicted octanol–water partition coefficient (Wildman–Crippen LogP) is 1.25. The molecule has 2 N–H and O–H groups in total. The van der Waals surface area contributed by atoms with E-state index in [9.17, 15) is 14.7 Å². The van der Waals surface area contributed by atoms with E-state index in [-0.39, 0.29) is 17.6 Å². The fourth-order valence-electron chi connectivity index (χ4n) is 3.55. The summed E-state index contributed by atoms with van der Waals surface area (Å²) in [5.41, 5.74) is 1.10. The van der Waals surface area contributed by atoms with Crippen molar-refractivity contribution < 1.29 is 9.90 Å². The van der Waals surface area contributed by atoms with E-state index in [0.29, 0.717) is 37.7 Å². The zero-order valence-corrected chi connectivity index (χ0v) is 14.5. The van der Waals surface area contributed by atoms with Gasteiger partial charge in [0.05, 0.1) is 11.5 Å². The van der Waals surface area contributed by atoms with E-state index >= 15 is 0 Å². The third kappa shape index (κ3) is 2.75. The number of aromatic amines is 1. The van der Waals surface area contributed by atoms with Crippen LogP contribution in [0.3, 0.4) is 0 Å². The number of H-pyrrole nitrogens is 1. The number of carbonyl (C=O) groups is 1. The third-order valence-electron chi connectivity index (χ3n) is 5.01. The van der Waals surface area contributed by atoms with Crippen LogP contribution in [0.2, 0.25) is 0 Å². The van der Waals surface area contributed by atoms with Crippen LogP contribution in [0.25, 0.3) is 10.2 Å². The Morgan fingerprint density at radius 1 is 1.46 bits per heavy atom. The van der Waals surface area contributed by atoms with Gasteiger partial charge in [0.25, 0.3) is 5.56 Å². The van der Waals surface area contributed by atoms with Gasteiger partial charge in [0.15, 0.2) is 0 Å². The molecule has 24 heavy (non-hydrogen) atoms. The molecule has 0 aromatic carbocycles. The van der Waals surface area contributed by atoms with E-state index in [4.69, 9.17) is 0 Å². The lowest BCUT2D eigenvalue weighted by atomic mass is 9.89. The van der Waals surface area contributed by atoms with Gasteiger partial charge in [-0.15, -0.1) is 11.3 Å². The van der Waals surface area contributed by atoms with E-state index in [1.807, 2.05) is 0 Å². The summed E-state index contributed by atoms with van der Waals surface area (Å²) < 4.78 is 0. The van der Waals surface area contributed by atoms with Crippen LogP contribution < -0.4 is 5.56 Å². The van der Waals surface area contributed by atoms with E-state index in [2.05, 4.69) is 16.9 Å². The van der Waals surface area contributed by atoms with Crippen molar-refractivity contribution in [3.63, 3.8) is 0 Å². The number of amides is 1. The molecule has 128 valence electrons. The normalized spacial score (nSPS) is 20.9. The van der Waals surface area contributed by atoms with Gasteiger partial charge in [0.2, 0.25) is 5.91 Å². The number of aromatic nitrogens is 2. The molecule has 1 aliphatic heterocycles. The number of hydrogen-bond donors (Lipinski definition) is 2. The molecular formula is C17H21N3O3S. The Balaban J connectivity index is 1.55. The maximum atomic E-state index is 12.5. The molecule has 0 spiro atoms. The molecule has 1 saturated heterocycles. The standard InChI is InChI=1S/C17H21N3O3S/c1-9-2-3-11-12(6-9)24-17-15(11)16(23)18-13(19-17)4-5-14(22)20-7-10(21)8-20/h9-10,21H,2-8H2,1H3,(H,18,19,23). The molecule has 2 aliphatic rings. The van der Waals surface area contributed by atoms with Crippen molar-refractivity contribution in [1.82, 2.24) is 14.9 Å². The minimum Gasteiger partial charge on any atom is -0.389 e. The van der Waals surface area contributed by atoms with Gasteiger partial charge in [-0.2, -0.15) is 0 Å². The summed E-state index contributed by atoms with van der Waals surface area (Å²) in [4.78, 5) is 35.7. The number of thiophene rings is 1. The monoisotopic (exact) mass is 347 g/mol. The number of fused-ring (bicyclic) bond motifs is 3. The number of aryl methyl sites for hydroxylation is 2. The molecule has 7 heteroatoms. The third-order valence-corrected chi connectivity index (χ3v) is 6.15. The van der Waals surface area contributed by atoms with Crippen molar-refractivity contribution in [3.8, 4) is 0 Å². The summed E-state index contributed by atoms with van der Waals surface area (Å²) in [5.74, 6) is 1.24. The molecular weight excluding hydrogens is 326 g/mol. The summed E-state index contributed by atoms with van der Waals surface area (Å²) in [6.45, 7) is 3.07. The van der Waals surface area contributed by atoms with E-state index in [1.54, 1.807) is 16.2 Å². The molecule has 6 nitrogen and oxygen atoms in total. The highest BCUT2D eigenvalue weighted by atomic mass is 32.1. The van der Waals surface area contributed by atoms with Crippen molar-refractivity contribution in [2.24, 2.45) is 5.92 Å². The largest absolute Gasteiger partial charge is 0.389 e. The zero-order chi connectivity index (χ0) is 16.8. The van der Waals surface area contributed by atoms with Crippen LogP contribution in [0, 0.1) is 5.92 Å². The van der Waals surface area contributed by atoms with Gasteiger partial charge >= 0.3 is 0 Å². The molecule has 1 amide bonds. The number of nitrogens with zero attached hydrogens (tertiary/aromatic N) is 2. The molecule has 1 unspecified atom stereocenters. The summed E-state index contributed by atoms with van der Waals surface area (Å²) in [6, 6.07) is 0. The van der Waals surface area contributed by atoms with Crippen LogP contribution >= 0.6 is 11.3 Å². The Labute approximate surface area is 143 Å². The van der Waals surface area contributed by atoms with Crippen LogP contribution in [-0.4, -0.2) is 45.1 Å². The second kappa shape index (κ2) is 5.97. The average molecular weight is 347 g/mol. The van der Waals surface area contributed by atoms with Crippen molar-refractivity contribution in [2.45, 2.75) is 45.1 Å². The minimum absolute atomic E-state index is 0.00217. The first-order valence-electron chi connectivity index (χ1n) is 8.50. The molecule has 0 bridgehead atoms. The highest BCUT2D eigenvalue weighted by Crippen LogP contribution is 2.35. The lowest BCUT2D eigenvalue weighted by Crippen LogP contribution is -2.53. The summed E-state index contributed by atoms with van der Waals surface area (Å²) in [5, 5.41) is 10.0. The maximum Gasteiger partial charge on any atom is 0.259 e. The highest BCUT2D eigenvalue weighted by molar-refractivity contribution is 7.18. The fraction of sp³-hybridized carbons (Fsp3) is 0.588. The number of likely N-dealkylation sites (tertiary alicyclic amines) is 1. The molecule has 4 rings (SSSR count). The van der Waals surface area contributed by atoms with Crippen LogP contribution in [0.4, 0.5) is 0 Å². The molecule has 1 atom stereocenters. The maximum absolute atomic E-state index is 12.5. The Morgan fingerprint density at radius 3 is 3.00 bits per heavy atom. The van der Waals surface area contributed by atoms with Crippen molar-refractivity contribution in [1.29, 1.82) is 0 Å². The van der Waals surface area contributed by atoms with Gasteiger partial charge < -0.3 is 15.0 Å². The average Bonchev–Trinajstić information content (AvgIpc) is 2.87.